The second kappa shape index (κ2) is 8.81. The van der Waals surface area contributed by atoms with Gasteiger partial charge in [-0.2, -0.15) is 0 Å². The van der Waals surface area contributed by atoms with E-state index in [1.165, 1.54) is 32.1 Å². The van der Waals surface area contributed by atoms with Crippen molar-refractivity contribution in [1.82, 2.24) is 0 Å². The van der Waals surface area contributed by atoms with Crippen molar-refractivity contribution >= 4 is 12.8 Å². The van der Waals surface area contributed by atoms with Crippen molar-refractivity contribution in [2.24, 2.45) is 17.3 Å². The predicted molar refractivity (Wildman–Crippen MR) is 106 cm³/mol. The SMILES string of the molecule is CCCCC(C)(C)C(C)(C)/[PH](C)=C(/C)CC(CC)C(C)C. The van der Waals surface area contributed by atoms with Crippen LogP contribution in [0.3, 0.4) is 0 Å². The zero-order valence-corrected chi connectivity index (χ0v) is 17.7. The molecular weight excluding hydrogens is 271 g/mol. The second-order valence-electron chi connectivity index (χ2n) is 8.63. The largest absolute Gasteiger partial charge is 0.116 e. The van der Waals surface area contributed by atoms with Gasteiger partial charge in [0.05, 0.1) is 0 Å². The quantitative estimate of drug-likeness (QED) is 0.398. The lowest BCUT2D eigenvalue weighted by Crippen LogP contribution is -2.36. The van der Waals surface area contributed by atoms with Crippen LogP contribution in [-0.2, 0) is 0 Å². The summed E-state index contributed by atoms with van der Waals surface area (Å²) in [5, 5.41) is 2.28. The predicted octanol–water partition coefficient (Wildman–Crippen LogP) is 7.09. The molecule has 2 unspecified atom stereocenters. The molecule has 0 fully saturated rings. The summed E-state index contributed by atoms with van der Waals surface area (Å²) in [5.41, 5.74) is 0.451. The topological polar surface area (TPSA) is 0 Å². The first-order valence-corrected chi connectivity index (χ1v) is 11.2. The van der Waals surface area contributed by atoms with Crippen LogP contribution in [0, 0.1) is 17.3 Å². The average molecular weight is 315 g/mol. The number of rotatable bonds is 9. The van der Waals surface area contributed by atoms with Crippen LogP contribution in [-0.4, -0.2) is 17.1 Å². The molecule has 0 nitrogen and oxygen atoms in total. The molecule has 1 heteroatoms. The third-order valence-electron chi connectivity index (χ3n) is 6.46. The van der Waals surface area contributed by atoms with Gasteiger partial charge in [-0.3, -0.25) is 0 Å². The van der Waals surface area contributed by atoms with Crippen molar-refractivity contribution in [2.75, 3.05) is 6.66 Å². The van der Waals surface area contributed by atoms with E-state index in [0.717, 1.165) is 11.8 Å². The molecule has 0 bridgehead atoms. The van der Waals surface area contributed by atoms with Crippen molar-refractivity contribution in [1.29, 1.82) is 0 Å². The lowest BCUT2D eigenvalue weighted by molar-refractivity contribution is 0.250. The monoisotopic (exact) mass is 314 g/mol. The van der Waals surface area contributed by atoms with Gasteiger partial charge in [-0.15, -0.1) is 7.55 Å². The Morgan fingerprint density at radius 3 is 1.95 bits per heavy atom. The fourth-order valence-electron chi connectivity index (χ4n) is 3.37. The third kappa shape index (κ3) is 5.78. The van der Waals surface area contributed by atoms with Crippen LogP contribution < -0.4 is 0 Å². The first-order valence-electron chi connectivity index (χ1n) is 9.18. The normalized spacial score (nSPS) is 17.0. The van der Waals surface area contributed by atoms with Crippen molar-refractivity contribution < 1.29 is 0 Å². The number of hydrogen-bond donors (Lipinski definition) is 0. The van der Waals surface area contributed by atoms with Crippen molar-refractivity contribution in [3.63, 3.8) is 0 Å². The molecule has 0 aromatic carbocycles. The van der Waals surface area contributed by atoms with E-state index < -0.39 is 7.55 Å². The Morgan fingerprint density at radius 1 is 1.05 bits per heavy atom. The summed E-state index contributed by atoms with van der Waals surface area (Å²) in [7, 11) is -0.452. The van der Waals surface area contributed by atoms with E-state index in [1.807, 2.05) is 5.29 Å². The highest BCUT2D eigenvalue weighted by Crippen LogP contribution is 2.53. The Labute approximate surface area is 136 Å². The van der Waals surface area contributed by atoms with Crippen LogP contribution in [0.1, 0.15) is 94.4 Å². The first kappa shape index (κ1) is 21.3. The first-order chi connectivity index (χ1) is 9.51. The molecule has 0 spiro atoms. The van der Waals surface area contributed by atoms with Crippen molar-refractivity contribution in [2.45, 2.75) is 99.6 Å². The highest BCUT2D eigenvalue weighted by Gasteiger charge is 2.37. The zero-order chi connectivity index (χ0) is 16.8. The lowest BCUT2D eigenvalue weighted by atomic mass is 9.76. The molecule has 0 rings (SSSR count). The van der Waals surface area contributed by atoms with E-state index in [2.05, 4.69) is 69.0 Å². The second-order valence-corrected chi connectivity index (χ2v) is 12.0. The summed E-state index contributed by atoms with van der Waals surface area (Å²) in [6.45, 7) is 24.6. The molecule has 128 valence electrons. The summed E-state index contributed by atoms with van der Waals surface area (Å²) >= 11 is 0. The van der Waals surface area contributed by atoms with Gasteiger partial charge in [-0.1, -0.05) is 79.9 Å². The maximum atomic E-state index is 2.57. The molecule has 0 aliphatic rings. The Balaban J connectivity index is 5.23. The smallest absolute Gasteiger partial charge is 0.0129 e. The lowest BCUT2D eigenvalue weighted by Gasteiger charge is -2.45. The van der Waals surface area contributed by atoms with Crippen molar-refractivity contribution in [3.05, 3.63) is 0 Å². The summed E-state index contributed by atoms with van der Waals surface area (Å²) in [6.07, 6.45) is 6.73. The molecule has 0 aromatic rings. The van der Waals surface area contributed by atoms with E-state index in [-0.39, 0.29) is 0 Å². The highest BCUT2D eigenvalue weighted by molar-refractivity contribution is 7.59. The zero-order valence-electron chi connectivity index (χ0n) is 16.7. The van der Waals surface area contributed by atoms with Gasteiger partial charge in [0.15, 0.2) is 0 Å². The molecule has 0 aromatic heterocycles. The molecule has 21 heavy (non-hydrogen) atoms. The molecule has 0 aliphatic heterocycles. The minimum absolute atomic E-state index is 0.451. The molecule has 0 radical (unpaired) electrons. The fraction of sp³-hybridized carbons (Fsp3) is 0.950. The fourth-order valence-corrected chi connectivity index (χ4v) is 6.15. The van der Waals surface area contributed by atoms with Crippen LogP contribution in [0.15, 0.2) is 0 Å². The average Bonchev–Trinajstić information content (AvgIpc) is 2.40. The van der Waals surface area contributed by atoms with E-state index in [0.29, 0.717) is 10.6 Å². The number of unbranched alkanes of at least 4 members (excludes halogenated alkanes) is 1. The van der Waals surface area contributed by atoms with Gasteiger partial charge in [-0.25, -0.2) is 0 Å². The Hall–Kier alpha value is 0.300. The molecule has 0 saturated heterocycles. The third-order valence-corrected chi connectivity index (χ3v) is 10.5. The Bertz CT molecular complexity index is 334. The summed E-state index contributed by atoms with van der Waals surface area (Å²) in [5.74, 6) is 1.69. The summed E-state index contributed by atoms with van der Waals surface area (Å²) in [6, 6.07) is 0. The molecule has 0 heterocycles. The molecule has 2 atom stereocenters. The van der Waals surface area contributed by atoms with E-state index in [4.69, 9.17) is 0 Å². The standard InChI is InChI=1S/C20H43P/c1-11-13-14-19(6,7)20(8,9)21(10)17(5)15-18(12-2)16(3)4/h16,18,21H,11-15H2,1-10H3. The summed E-state index contributed by atoms with van der Waals surface area (Å²) in [4.78, 5) is 0. The van der Waals surface area contributed by atoms with E-state index in [9.17, 15) is 0 Å². The summed E-state index contributed by atoms with van der Waals surface area (Å²) < 4.78 is 0. The van der Waals surface area contributed by atoms with E-state index >= 15 is 0 Å². The molecule has 0 amide bonds. The van der Waals surface area contributed by atoms with Crippen LogP contribution >= 0.6 is 7.55 Å². The molecule has 0 N–H and O–H groups in total. The van der Waals surface area contributed by atoms with Crippen LogP contribution in [0.5, 0.6) is 0 Å². The minimum atomic E-state index is -0.452. The van der Waals surface area contributed by atoms with Crippen LogP contribution in [0.4, 0.5) is 0 Å². The molecule has 0 saturated carbocycles. The molecule has 0 aliphatic carbocycles. The van der Waals surface area contributed by atoms with Gasteiger partial charge in [-0.05, 0) is 48.8 Å². The van der Waals surface area contributed by atoms with Crippen LogP contribution in [0.25, 0.3) is 0 Å². The van der Waals surface area contributed by atoms with Crippen molar-refractivity contribution in [3.8, 4) is 0 Å². The van der Waals surface area contributed by atoms with Gasteiger partial charge in [0.2, 0.25) is 0 Å². The molecular formula is C20H43P. The minimum Gasteiger partial charge on any atom is -0.116 e. The van der Waals surface area contributed by atoms with Gasteiger partial charge >= 0.3 is 0 Å². The van der Waals surface area contributed by atoms with Gasteiger partial charge in [0, 0.05) is 0 Å². The Kier molecular flexibility index (Phi) is 8.93. The van der Waals surface area contributed by atoms with Gasteiger partial charge in [0.1, 0.15) is 0 Å². The maximum Gasteiger partial charge on any atom is -0.0129 e. The number of hydrogen-bond acceptors (Lipinski definition) is 0. The van der Waals surface area contributed by atoms with Gasteiger partial charge in [0.25, 0.3) is 0 Å². The van der Waals surface area contributed by atoms with Gasteiger partial charge < -0.3 is 0 Å². The van der Waals surface area contributed by atoms with E-state index in [1.54, 1.807) is 0 Å². The Morgan fingerprint density at radius 2 is 1.57 bits per heavy atom. The highest BCUT2D eigenvalue weighted by atomic mass is 31.1. The van der Waals surface area contributed by atoms with Crippen LogP contribution in [0.2, 0.25) is 0 Å². The maximum absolute atomic E-state index is 2.57.